The molecular weight excluding hydrogens is 312 g/mol. The number of nitrogens with zero attached hydrogens (tertiary/aromatic N) is 3. The Morgan fingerprint density at radius 2 is 2.04 bits per heavy atom. The fourth-order valence-electron chi connectivity index (χ4n) is 2.14. The predicted octanol–water partition coefficient (Wildman–Crippen LogP) is 3.54. The van der Waals surface area contributed by atoms with Gasteiger partial charge in [0.05, 0.1) is 18.3 Å². The number of hydrogen-bond acceptors (Lipinski definition) is 3. The lowest BCUT2D eigenvalue weighted by Crippen LogP contribution is -2.16. The lowest BCUT2D eigenvalue weighted by molar-refractivity contribution is 0.102. The second kappa shape index (κ2) is 6.62. The van der Waals surface area contributed by atoms with Gasteiger partial charge in [0.2, 0.25) is 0 Å². The quantitative estimate of drug-likeness (QED) is 0.797. The van der Waals surface area contributed by atoms with Crippen molar-refractivity contribution in [1.82, 2.24) is 14.8 Å². The van der Waals surface area contributed by atoms with E-state index in [1.807, 2.05) is 31.2 Å². The maximum Gasteiger partial charge on any atom is 0.258 e. The largest absolute Gasteiger partial charge is 0.307 e. The number of rotatable bonds is 4. The summed E-state index contributed by atoms with van der Waals surface area (Å²) in [4.78, 5) is 16.4. The Labute approximate surface area is 138 Å². The molecule has 3 rings (SSSR count). The highest BCUT2D eigenvalue weighted by atomic mass is 35.5. The van der Waals surface area contributed by atoms with Crippen molar-refractivity contribution >= 4 is 23.3 Å². The van der Waals surface area contributed by atoms with Crippen LogP contribution in [0.3, 0.4) is 0 Å². The Hall–Kier alpha value is -2.66. The number of aromatic nitrogens is 3. The highest BCUT2D eigenvalue weighted by Crippen LogP contribution is 2.18. The molecule has 6 heteroatoms. The number of aryl methyl sites for hydroxylation is 1. The third-order valence-corrected chi connectivity index (χ3v) is 3.78. The van der Waals surface area contributed by atoms with Crippen LogP contribution in [0.4, 0.5) is 5.82 Å². The molecule has 0 unspecified atom stereocenters. The van der Waals surface area contributed by atoms with Gasteiger partial charge in [-0.2, -0.15) is 5.10 Å². The van der Waals surface area contributed by atoms with Gasteiger partial charge < -0.3 is 5.32 Å². The number of hydrogen-bond donors (Lipinski definition) is 1. The Bertz CT molecular complexity index is 827. The number of halogens is 1. The minimum absolute atomic E-state index is 0.224. The number of amides is 1. The topological polar surface area (TPSA) is 59.8 Å². The van der Waals surface area contributed by atoms with Gasteiger partial charge in [0.25, 0.3) is 5.91 Å². The molecule has 0 aliphatic heterocycles. The van der Waals surface area contributed by atoms with Gasteiger partial charge in [-0.1, -0.05) is 29.8 Å². The molecule has 3 aromatic rings. The molecule has 1 aromatic carbocycles. The van der Waals surface area contributed by atoms with Crippen LogP contribution in [-0.4, -0.2) is 20.7 Å². The van der Waals surface area contributed by atoms with E-state index >= 15 is 0 Å². The number of pyridine rings is 1. The van der Waals surface area contributed by atoms with E-state index in [0.29, 0.717) is 22.9 Å². The first-order valence-electron chi connectivity index (χ1n) is 7.13. The molecule has 1 amide bonds. The zero-order valence-corrected chi connectivity index (χ0v) is 13.3. The minimum Gasteiger partial charge on any atom is -0.307 e. The van der Waals surface area contributed by atoms with Crippen LogP contribution < -0.4 is 5.32 Å². The molecule has 116 valence electrons. The third-order valence-electron chi connectivity index (χ3n) is 3.41. The van der Waals surface area contributed by atoms with Crippen molar-refractivity contribution < 1.29 is 4.79 Å². The highest BCUT2D eigenvalue weighted by Gasteiger charge is 2.11. The molecular formula is C17H15ClN4O. The average molecular weight is 327 g/mol. The summed E-state index contributed by atoms with van der Waals surface area (Å²) in [7, 11) is 0. The molecule has 0 radical (unpaired) electrons. The number of carbonyl (C=O) groups excluding carboxylic acids is 1. The SMILES string of the molecule is Cc1ccc(C(=O)Nc2ccnn2Cc2ccccc2Cl)cn1. The van der Waals surface area contributed by atoms with Crippen LogP contribution >= 0.6 is 11.6 Å². The normalized spacial score (nSPS) is 10.5. The number of carbonyl (C=O) groups is 1. The summed E-state index contributed by atoms with van der Waals surface area (Å²) in [5, 5.41) is 7.75. The Morgan fingerprint density at radius 3 is 2.78 bits per heavy atom. The molecule has 0 atom stereocenters. The third kappa shape index (κ3) is 3.57. The molecule has 5 nitrogen and oxygen atoms in total. The van der Waals surface area contributed by atoms with E-state index in [0.717, 1.165) is 11.3 Å². The molecule has 0 aliphatic rings. The van der Waals surface area contributed by atoms with E-state index in [-0.39, 0.29) is 5.91 Å². The van der Waals surface area contributed by atoms with Crippen LogP contribution in [0.1, 0.15) is 21.6 Å². The molecule has 0 saturated carbocycles. The second-order valence-electron chi connectivity index (χ2n) is 5.11. The fraction of sp³-hybridized carbons (Fsp3) is 0.118. The first-order valence-corrected chi connectivity index (χ1v) is 7.50. The molecule has 0 saturated heterocycles. The summed E-state index contributed by atoms with van der Waals surface area (Å²) in [6, 6.07) is 12.8. The first kappa shape index (κ1) is 15.2. The molecule has 0 fully saturated rings. The number of anilines is 1. The summed E-state index contributed by atoms with van der Waals surface area (Å²) >= 11 is 6.17. The molecule has 0 bridgehead atoms. The molecule has 0 aliphatic carbocycles. The van der Waals surface area contributed by atoms with Gasteiger partial charge in [0.15, 0.2) is 0 Å². The summed E-state index contributed by atoms with van der Waals surface area (Å²) < 4.78 is 1.70. The zero-order valence-electron chi connectivity index (χ0n) is 12.5. The lowest BCUT2D eigenvalue weighted by atomic mass is 10.2. The van der Waals surface area contributed by atoms with Crippen LogP contribution in [0.2, 0.25) is 5.02 Å². The maximum atomic E-state index is 12.3. The summed E-state index contributed by atoms with van der Waals surface area (Å²) in [6.45, 7) is 2.36. The van der Waals surface area contributed by atoms with Crippen LogP contribution in [0, 0.1) is 6.92 Å². The number of nitrogens with one attached hydrogen (secondary N) is 1. The molecule has 2 heterocycles. The Balaban J connectivity index is 1.77. The number of benzene rings is 1. The standard InChI is InChI=1S/C17H15ClN4O/c1-12-6-7-13(10-19-12)17(23)21-16-8-9-20-22(16)11-14-4-2-3-5-15(14)18/h2-10H,11H2,1H3,(H,21,23). The van der Waals surface area contributed by atoms with Crippen molar-refractivity contribution in [1.29, 1.82) is 0 Å². The Kier molecular flexibility index (Phi) is 4.39. The van der Waals surface area contributed by atoms with Gasteiger partial charge in [0, 0.05) is 23.0 Å². The monoisotopic (exact) mass is 326 g/mol. The highest BCUT2D eigenvalue weighted by molar-refractivity contribution is 6.31. The van der Waals surface area contributed by atoms with Crippen LogP contribution in [0.25, 0.3) is 0 Å². The minimum atomic E-state index is -0.224. The molecule has 23 heavy (non-hydrogen) atoms. The van der Waals surface area contributed by atoms with Gasteiger partial charge in [-0.15, -0.1) is 0 Å². The van der Waals surface area contributed by atoms with E-state index in [1.54, 1.807) is 35.3 Å². The van der Waals surface area contributed by atoms with Crippen molar-refractivity contribution in [2.24, 2.45) is 0 Å². The summed E-state index contributed by atoms with van der Waals surface area (Å²) in [5.74, 6) is 0.383. The van der Waals surface area contributed by atoms with E-state index in [4.69, 9.17) is 11.6 Å². The average Bonchev–Trinajstić information content (AvgIpc) is 2.97. The van der Waals surface area contributed by atoms with Crippen molar-refractivity contribution in [3.05, 3.63) is 76.7 Å². The molecule has 0 spiro atoms. The van der Waals surface area contributed by atoms with Gasteiger partial charge >= 0.3 is 0 Å². The first-order chi connectivity index (χ1) is 11.1. The fourth-order valence-corrected chi connectivity index (χ4v) is 2.34. The van der Waals surface area contributed by atoms with E-state index in [9.17, 15) is 4.79 Å². The van der Waals surface area contributed by atoms with Crippen molar-refractivity contribution in [2.75, 3.05) is 5.32 Å². The van der Waals surface area contributed by atoms with Crippen LogP contribution in [0.15, 0.2) is 54.9 Å². The van der Waals surface area contributed by atoms with Crippen LogP contribution in [0.5, 0.6) is 0 Å². The predicted molar refractivity (Wildman–Crippen MR) is 89.7 cm³/mol. The van der Waals surface area contributed by atoms with Crippen molar-refractivity contribution in [2.45, 2.75) is 13.5 Å². The maximum absolute atomic E-state index is 12.3. The van der Waals surface area contributed by atoms with E-state index in [1.165, 1.54) is 0 Å². The second-order valence-corrected chi connectivity index (χ2v) is 5.52. The molecule has 2 aromatic heterocycles. The van der Waals surface area contributed by atoms with Gasteiger partial charge in [-0.3, -0.25) is 9.78 Å². The zero-order chi connectivity index (χ0) is 16.2. The van der Waals surface area contributed by atoms with Crippen LogP contribution in [-0.2, 0) is 6.54 Å². The van der Waals surface area contributed by atoms with Crippen molar-refractivity contribution in [3.63, 3.8) is 0 Å². The lowest BCUT2D eigenvalue weighted by Gasteiger charge is -2.10. The Morgan fingerprint density at radius 1 is 1.22 bits per heavy atom. The summed E-state index contributed by atoms with van der Waals surface area (Å²) in [5.41, 5.74) is 2.30. The van der Waals surface area contributed by atoms with E-state index in [2.05, 4.69) is 15.4 Å². The van der Waals surface area contributed by atoms with Gasteiger partial charge in [0.1, 0.15) is 5.82 Å². The van der Waals surface area contributed by atoms with Gasteiger partial charge in [-0.25, -0.2) is 4.68 Å². The van der Waals surface area contributed by atoms with Crippen molar-refractivity contribution in [3.8, 4) is 0 Å². The smallest absolute Gasteiger partial charge is 0.258 e. The summed E-state index contributed by atoms with van der Waals surface area (Å²) in [6.07, 6.45) is 3.19. The van der Waals surface area contributed by atoms with E-state index < -0.39 is 0 Å². The van der Waals surface area contributed by atoms with Gasteiger partial charge in [-0.05, 0) is 30.7 Å². The molecule has 1 N–H and O–H groups in total.